The molecule has 0 amide bonds. The quantitative estimate of drug-likeness (QED) is 0.812. The van der Waals surface area contributed by atoms with Crippen molar-refractivity contribution in [1.29, 1.82) is 0 Å². The van der Waals surface area contributed by atoms with E-state index < -0.39 is 0 Å². The number of pyridine rings is 1. The monoisotopic (exact) mass is 226 g/mol. The van der Waals surface area contributed by atoms with Gasteiger partial charge in [-0.05, 0) is 37.4 Å². The van der Waals surface area contributed by atoms with Gasteiger partial charge in [-0.15, -0.1) is 0 Å². The fraction of sp³-hybridized carbons (Fsp3) is 0.357. The standard InChI is InChI=1S/C14H14N2O/c1-2-12-11(15-6-1)8-13(17-12)10-4-3-9-5-7-16-14(9)10/h1-2,4,6,8-9,14,16H,3,5,7H2/t9-,14+/m1/s1. The molecule has 2 aromatic rings. The molecule has 86 valence electrons. The summed E-state index contributed by atoms with van der Waals surface area (Å²) in [5.41, 5.74) is 3.15. The van der Waals surface area contributed by atoms with Crippen LogP contribution in [-0.2, 0) is 0 Å². The Morgan fingerprint density at radius 3 is 3.35 bits per heavy atom. The highest BCUT2D eigenvalue weighted by atomic mass is 16.3. The van der Waals surface area contributed by atoms with E-state index in [0.29, 0.717) is 6.04 Å². The molecular weight excluding hydrogens is 212 g/mol. The first-order valence-electron chi connectivity index (χ1n) is 6.20. The molecule has 1 saturated heterocycles. The van der Waals surface area contributed by atoms with Crippen molar-refractivity contribution in [3.8, 4) is 0 Å². The molecule has 0 spiro atoms. The molecule has 0 bridgehead atoms. The molecule has 2 aliphatic rings. The highest BCUT2D eigenvalue weighted by Gasteiger charge is 2.35. The van der Waals surface area contributed by atoms with Gasteiger partial charge in [-0.25, -0.2) is 0 Å². The number of nitrogens with one attached hydrogen (secondary N) is 1. The minimum Gasteiger partial charge on any atom is -0.455 e. The second-order valence-electron chi connectivity index (χ2n) is 4.87. The summed E-state index contributed by atoms with van der Waals surface area (Å²) in [6.07, 6.45) is 6.58. The van der Waals surface area contributed by atoms with Crippen LogP contribution in [0, 0.1) is 5.92 Å². The maximum absolute atomic E-state index is 5.89. The Morgan fingerprint density at radius 1 is 1.41 bits per heavy atom. The van der Waals surface area contributed by atoms with Gasteiger partial charge < -0.3 is 9.73 Å². The predicted molar refractivity (Wildman–Crippen MR) is 66.5 cm³/mol. The summed E-state index contributed by atoms with van der Waals surface area (Å²) in [5.74, 6) is 1.76. The molecule has 2 aromatic heterocycles. The highest BCUT2D eigenvalue weighted by Crippen LogP contribution is 2.38. The van der Waals surface area contributed by atoms with Gasteiger partial charge in [-0.1, -0.05) is 6.08 Å². The van der Waals surface area contributed by atoms with E-state index in [1.54, 1.807) is 6.20 Å². The zero-order chi connectivity index (χ0) is 11.2. The van der Waals surface area contributed by atoms with Crippen molar-refractivity contribution in [2.45, 2.75) is 18.9 Å². The van der Waals surface area contributed by atoms with E-state index in [9.17, 15) is 0 Å². The number of furan rings is 1. The van der Waals surface area contributed by atoms with Crippen LogP contribution >= 0.6 is 0 Å². The molecule has 1 aliphatic heterocycles. The number of hydrogen-bond donors (Lipinski definition) is 1. The highest BCUT2D eigenvalue weighted by molar-refractivity contribution is 5.80. The van der Waals surface area contributed by atoms with Gasteiger partial charge in [0, 0.05) is 23.9 Å². The molecule has 4 rings (SSSR count). The van der Waals surface area contributed by atoms with Crippen molar-refractivity contribution in [3.63, 3.8) is 0 Å². The van der Waals surface area contributed by atoms with Crippen LogP contribution in [0.25, 0.3) is 16.7 Å². The van der Waals surface area contributed by atoms with E-state index in [0.717, 1.165) is 29.3 Å². The van der Waals surface area contributed by atoms with Crippen LogP contribution < -0.4 is 5.32 Å². The van der Waals surface area contributed by atoms with Gasteiger partial charge in [-0.3, -0.25) is 4.98 Å². The number of aromatic nitrogens is 1. The smallest absolute Gasteiger partial charge is 0.153 e. The van der Waals surface area contributed by atoms with Crippen molar-refractivity contribution >= 4 is 16.7 Å². The Labute approximate surface area is 99.5 Å². The minimum absolute atomic E-state index is 0.496. The first-order valence-corrected chi connectivity index (χ1v) is 6.20. The van der Waals surface area contributed by atoms with Crippen LogP contribution in [0.5, 0.6) is 0 Å². The van der Waals surface area contributed by atoms with Crippen LogP contribution in [0.2, 0.25) is 0 Å². The number of allylic oxidation sites excluding steroid dienone is 1. The fourth-order valence-electron chi connectivity index (χ4n) is 3.05. The second-order valence-corrected chi connectivity index (χ2v) is 4.87. The van der Waals surface area contributed by atoms with Crippen molar-refractivity contribution in [2.24, 2.45) is 5.92 Å². The maximum atomic E-state index is 5.89. The molecule has 3 heterocycles. The van der Waals surface area contributed by atoms with Gasteiger partial charge in [0.25, 0.3) is 0 Å². The van der Waals surface area contributed by atoms with Gasteiger partial charge in [0.05, 0.1) is 0 Å². The number of fused-ring (bicyclic) bond motifs is 2. The van der Waals surface area contributed by atoms with E-state index in [4.69, 9.17) is 4.42 Å². The molecule has 1 N–H and O–H groups in total. The summed E-state index contributed by atoms with van der Waals surface area (Å²) in [6.45, 7) is 1.13. The molecule has 1 fully saturated rings. The Hall–Kier alpha value is -1.61. The van der Waals surface area contributed by atoms with Crippen LogP contribution in [0.4, 0.5) is 0 Å². The average Bonchev–Trinajstić information content (AvgIpc) is 3.02. The SMILES string of the molecule is C1=C(c2cc3ncccc3o2)[C@H]2NCC[C@H]2C1. The van der Waals surface area contributed by atoms with E-state index >= 15 is 0 Å². The molecule has 0 unspecified atom stereocenters. The second kappa shape index (κ2) is 3.44. The van der Waals surface area contributed by atoms with E-state index in [2.05, 4.69) is 22.4 Å². The summed E-state index contributed by atoms with van der Waals surface area (Å²) in [4.78, 5) is 4.32. The summed E-state index contributed by atoms with van der Waals surface area (Å²) in [7, 11) is 0. The lowest BCUT2D eigenvalue weighted by molar-refractivity contribution is 0.540. The summed E-state index contributed by atoms with van der Waals surface area (Å²) in [5, 5.41) is 3.56. The van der Waals surface area contributed by atoms with Crippen molar-refractivity contribution in [3.05, 3.63) is 36.2 Å². The zero-order valence-corrected chi connectivity index (χ0v) is 9.52. The third-order valence-electron chi connectivity index (χ3n) is 3.90. The predicted octanol–water partition coefficient (Wildman–Crippen LogP) is 2.59. The minimum atomic E-state index is 0.496. The largest absolute Gasteiger partial charge is 0.455 e. The van der Waals surface area contributed by atoms with E-state index in [1.807, 2.05) is 12.1 Å². The van der Waals surface area contributed by atoms with Crippen LogP contribution in [0.3, 0.4) is 0 Å². The van der Waals surface area contributed by atoms with Crippen molar-refractivity contribution < 1.29 is 4.42 Å². The first-order chi connectivity index (χ1) is 8.42. The summed E-state index contributed by atoms with van der Waals surface area (Å²) < 4.78 is 5.89. The van der Waals surface area contributed by atoms with Crippen LogP contribution in [0.1, 0.15) is 18.6 Å². The third kappa shape index (κ3) is 1.35. The molecule has 0 saturated carbocycles. The van der Waals surface area contributed by atoms with E-state index in [-0.39, 0.29) is 0 Å². The van der Waals surface area contributed by atoms with Crippen LogP contribution in [-0.4, -0.2) is 17.6 Å². The zero-order valence-electron chi connectivity index (χ0n) is 9.52. The molecule has 3 heteroatoms. The van der Waals surface area contributed by atoms with Crippen molar-refractivity contribution in [1.82, 2.24) is 10.3 Å². The lowest BCUT2D eigenvalue weighted by atomic mass is 9.99. The van der Waals surface area contributed by atoms with Crippen molar-refractivity contribution in [2.75, 3.05) is 6.54 Å². The Kier molecular flexibility index (Phi) is 1.91. The van der Waals surface area contributed by atoms with Gasteiger partial charge in [-0.2, -0.15) is 0 Å². The van der Waals surface area contributed by atoms with Crippen LogP contribution in [0.15, 0.2) is 34.9 Å². The Bertz CT molecular complexity index is 566. The lowest BCUT2D eigenvalue weighted by Gasteiger charge is -2.12. The maximum Gasteiger partial charge on any atom is 0.153 e. The number of nitrogens with zero attached hydrogens (tertiary/aromatic N) is 1. The van der Waals surface area contributed by atoms with E-state index in [1.165, 1.54) is 18.4 Å². The van der Waals surface area contributed by atoms with Gasteiger partial charge in [0.2, 0.25) is 0 Å². The Balaban J connectivity index is 1.79. The Morgan fingerprint density at radius 2 is 2.41 bits per heavy atom. The van der Waals surface area contributed by atoms with Gasteiger partial charge in [0.15, 0.2) is 5.58 Å². The molecule has 17 heavy (non-hydrogen) atoms. The summed E-state index contributed by atoms with van der Waals surface area (Å²) >= 11 is 0. The topological polar surface area (TPSA) is 38.1 Å². The summed E-state index contributed by atoms with van der Waals surface area (Å²) in [6, 6.07) is 6.44. The lowest BCUT2D eigenvalue weighted by Crippen LogP contribution is -2.24. The number of hydrogen-bond acceptors (Lipinski definition) is 3. The normalized spacial score (nSPS) is 27.4. The first kappa shape index (κ1) is 9.42. The average molecular weight is 226 g/mol. The molecule has 1 aliphatic carbocycles. The fourth-order valence-corrected chi connectivity index (χ4v) is 3.05. The number of rotatable bonds is 1. The van der Waals surface area contributed by atoms with Gasteiger partial charge >= 0.3 is 0 Å². The molecule has 0 radical (unpaired) electrons. The molecular formula is C14H14N2O. The third-order valence-corrected chi connectivity index (χ3v) is 3.90. The molecule has 0 aromatic carbocycles. The van der Waals surface area contributed by atoms with Gasteiger partial charge in [0.1, 0.15) is 11.3 Å². The molecule has 2 atom stereocenters. The molecule has 3 nitrogen and oxygen atoms in total.